The largest absolute Gasteiger partial charge is 0.408 e. The standard InChI is InChI=1S/C11H17N2O4/c1-7(13(10(4)16)11(5)17)6-12(8(2)14)9(3)15/h7H,2,6H2,1,3-5H3/q+1. The molecule has 1 unspecified atom stereocenters. The Morgan fingerprint density at radius 2 is 1.41 bits per heavy atom. The quantitative estimate of drug-likeness (QED) is 0.651. The lowest BCUT2D eigenvalue weighted by Gasteiger charge is -2.27. The number of amides is 4. The Morgan fingerprint density at radius 3 is 1.65 bits per heavy atom. The zero-order valence-corrected chi connectivity index (χ0v) is 10.5. The van der Waals surface area contributed by atoms with Crippen molar-refractivity contribution in [2.24, 2.45) is 0 Å². The molecule has 6 nitrogen and oxygen atoms in total. The molecule has 0 spiro atoms. The Hall–Kier alpha value is -1.85. The van der Waals surface area contributed by atoms with Crippen LogP contribution in [0.15, 0.2) is 0 Å². The van der Waals surface area contributed by atoms with Gasteiger partial charge in [0.15, 0.2) is 6.92 Å². The van der Waals surface area contributed by atoms with E-state index in [0.29, 0.717) is 0 Å². The van der Waals surface area contributed by atoms with Crippen LogP contribution in [-0.2, 0) is 19.2 Å². The predicted molar refractivity (Wildman–Crippen MR) is 60.4 cm³/mol. The van der Waals surface area contributed by atoms with Gasteiger partial charge >= 0.3 is 5.91 Å². The van der Waals surface area contributed by atoms with E-state index in [2.05, 4.69) is 6.92 Å². The van der Waals surface area contributed by atoms with Gasteiger partial charge in [-0.1, -0.05) is 0 Å². The highest BCUT2D eigenvalue weighted by atomic mass is 16.2. The molecule has 0 saturated heterocycles. The fourth-order valence-corrected chi connectivity index (χ4v) is 1.59. The molecule has 0 bridgehead atoms. The number of imide groups is 2. The first-order valence-corrected chi connectivity index (χ1v) is 5.12. The Kier molecular flexibility index (Phi) is 5.37. The highest BCUT2D eigenvalue weighted by molar-refractivity contribution is 5.97. The van der Waals surface area contributed by atoms with E-state index in [4.69, 9.17) is 0 Å². The number of rotatable bonds is 3. The van der Waals surface area contributed by atoms with Gasteiger partial charge in [0.25, 0.3) is 0 Å². The van der Waals surface area contributed by atoms with Crippen molar-refractivity contribution in [1.29, 1.82) is 0 Å². The average molecular weight is 241 g/mol. The second kappa shape index (κ2) is 6.03. The van der Waals surface area contributed by atoms with E-state index >= 15 is 0 Å². The second-order valence-corrected chi connectivity index (χ2v) is 3.78. The molecule has 0 radical (unpaired) electrons. The third-order valence-electron chi connectivity index (χ3n) is 2.25. The molecule has 0 N–H and O–H groups in total. The summed E-state index contributed by atoms with van der Waals surface area (Å²) in [7, 11) is 0. The molecule has 0 fully saturated rings. The molecule has 17 heavy (non-hydrogen) atoms. The number of carbonyl (C=O) groups is 4. The van der Waals surface area contributed by atoms with Crippen molar-refractivity contribution in [2.75, 3.05) is 6.54 Å². The van der Waals surface area contributed by atoms with Crippen LogP contribution in [0.2, 0.25) is 0 Å². The Bertz CT molecular complexity index is 323. The summed E-state index contributed by atoms with van der Waals surface area (Å²) in [4.78, 5) is 46.6. The van der Waals surface area contributed by atoms with Crippen molar-refractivity contribution in [1.82, 2.24) is 9.80 Å². The van der Waals surface area contributed by atoms with Gasteiger partial charge < -0.3 is 0 Å². The zero-order valence-electron chi connectivity index (χ0n) is 10.5. The van der Waals surface area contributed by atoms with Crippen LogP contribution in [0, 0.1) is 6.92 Å². The molecule has 6 heteroatoms. The second-order valence-electron chi connectivity index (χ2n) is 3.78. The smallest absolute Gasteiger partial charge is 0.278 e. The Morgan fingerprint density at radius 1 is 1.00 bits per heavy atom. The molecule has 0 aliphatic rings. The van der Waals surface area contributed by atoms with E-state index in [-0.39, 0.29) is 6.54 Å². The fraction of sp³-hybridized carbons (Fsp3) is 0.545. The van der Waals surface area contributed by atoms with Gasteiger partial charge in [-0.15, -0.1) is 0 Å². The summed E-state index contributed by atoms with van der Waals surface area (Å²) >= 11 is 0. The van der Waals surface area contributed by atoms with Gasteiger partial charge in [-0.2, -0.15) is 0 Å². The maximum absolute atomic E-state index is 11.2. The van der Waals surface area contributed by atoms with Crippen LogP contribution in [0.5, 0.6) is 0 Å². The molecule has 1 atom stereocenters. The third-order valence-corrected chi connectivity index (χ3v) is 2.25. The van der Waals surface area contributed by atoms with Crippen LogP contribution >= 0.6 is 0 Å². The molecule has 0 saturated carbocycles. The summed E-state index contributed by atoms with van der Waals surface area (Å²) in [6, 6.07) is -0.570. The van der Waals surface area contributed by atoms with Gasteiger partial charge in [0.05, 0.1) is 12.6 Å². The van der Waals surface area contributed by atoms with Crippen molar-refractivity contribution >= 4 is 23.6 Å². The zero-order chi connectivity index (χ0) is 13.7. The molecule has 94 valence electrons. The topological polar surface area (TPSA) is 74.8 Å². The van der Waals surface area contributed by atoms with Crippen LogP contribution in [0.1, 0.15) is 27.7 Å². The van der Waals surface area contributed by atoms with Crippen LogP contribution in [0.3, 0.4) is 0 Å². The first-order valence-electron chi connectivity index (χ1n) is 5.12. The summed E-state index contributed by atoms with van der Waals surface area (Å²) in [5.41, 5.74) is 0. The third kappa shape index (κ3) is 4.26. The SMILES string of the molecule is [CH2+]C(=O)N(CC(C)N(C(C)=O)C(C)=O)C(C)=O. The summed E-state index contributed by atoms with van der Waals surface area (Å²) < 4.78 is 0. The first kappa shape index (κ1) is 15.2. The summed E-state index contributed by atoms with van der Waals surface area (Å²) in [6.45, 7) is 8.41. The molecule has 0 aliphatic carbocycles. The molecular formula is C11H17N2O4+. The van der Waals surface area contributed by atoms with Crippen molar-refractivity contribution < 1.29 is 19.2 Å². The molecule has 4 amide bonds. The Labute approximate surface area is 101 Å². The monoisotopic (exact) mass is 241 g/mol. The maximum atomic E-state index is 11.2. The molecule has 0 aliphatic heterocycles. The molecular weight excluding hydrogens is 224 g/mol. The van der Waals surface area contributed by atoms with Gasteiger partial charge in [0.2, 0.25) is 17.7 Å². The highest BCUT2D eigenvalue weighted by Crippen LogP contribution is 2.04. The minimum atomic E-state index is -0.656. The van der Waals surface area contributed by atoms with Crippen molar-refractivity contribution in [3.05, 3.63) is 6.92 Å². The number of hydrogen-bond donors (Lipinski definition) is 0. The van der Waals surface area contributed by atoms with Gasteiger partial charge in [-0.3, -0.25) is 19.3 Å². The highest BCUT2D eigenvalue weighted by Gasteiger charge is 2.27. The first-order chi connectivity index (χ1) is 7.68. The van der Waals surface area contributed by atoms with E-state index in [1.54, 1.807) is 6.92 Å². The Balaban J connectivity index is 4.86. The number of hydrogen-bond acceptors (Lipinski definition) is 4. The lowest BCUT2D eigenvalue weighted by Crippen LogP contribution is -2.49. The summed E-state index contributed by atoms with van der Waals surface area (Å²) in [5.74, 6) is -1.98. The van der Waals surface area contributed by atoms with E-state index in [1.807, 2.05) is 0 Å². The van der Waals surface area contributed by atoms with Gasteiger partial charge in [-0.05, 0) is 6.92 Å². The van der Waals surface area contributed by atoms with Gasteiger partial charge in [0.1, 0.15) is 0 Å². The number of carbonyl (C=O) groups excluding carboxylic acids is 4. The molecule has 0 aromatic carbocycles. The van der Waals surface area contributed by atoms with E-state index in [9.17, 15) is 19.2 Å². The molecule has 0 rings (SSSR count). The van der Waals surface area contributed by atoms with Crippen LogP contribution in [-0.4, -0.2) is 46.0 Å². The van der Waals surface area contributed by atoms with Crippen LogP contribution in [0.25, 0.3) is 0 Å². The summed E-state index contributed by atoms with van der Waals surface area (Å²) in [5, 5.41) is 0. The lowest BCUT2D eigenvalue weighted by atomic mass is 10.2. The van der Waals surface area contributed by atoms with Crippen molar-refractivity contribution in [3.63, 3.8) is 0 Å². The molecule has 0 heterocycles. The normalized spacial score (nSPS) is 11.5. The molecule has 0 aromatic rings. The predicted octanol–water partition coefficient (Wildman–Crippen LogP) is -0.0209. The lowest BCUT2D eigenvalue weighted by molar-refractivity contribution is -0.149. The van der Waals surface area contributed by atoms with E-state index < -0.39 is 29.7 Å². The van der Waals surface area contributed by atoms with Crippen LogP contribution in [0.4, 0.5) is 0 Å². The van der Waals surface area contributed by atoms with E-state index in [0.717, 1.165) is 9.80 Å². The van der Waals surface area contributed by atoms with Crippen molar-refractivity contribution in [3.8, 4) is 0 Å². The van der Waals surface area contributed by atoms with Crippen LogP contribution < -0.4 is 0 Å². The average Bonchev–Trinajstić information content (AvgIpc) is 2.11. The summed E-state index contributed by atoms with van der Waals surface area (Å²) in [6.07, 6.45) is 0. The molecule has 0 aromatic heterocycles. The fourth-order valence-electron chi connectivity index (χ4n) is 1.59. The number of nitrogens with zero attached hydrogens (tertiary/aromatic N) is 2. The minimum absolute atomic E-state index is 0.0448. The van der Waals surface area contributed by atoms with E-state index in [1.165, 1.54) is 20.8 Å². The van der Waals surface area contributed by atoms with Crippen molar-refractivity contribution in [2.45, 2.75) is 33.7 Å². The van der Waals surface area contributed by atoms with Gasteiger partial charge in [0, 0.05) is 20.8 Å². The van der Waals surface area contributed by atoms with Gasteiger partial charge in [-0.25, -0.2) is 9.69 Å². The minimum Gasteiger partial charge on any atom is -0.278 e. The maximum Gasteiger partial charge on any atom is 0.408 e.